The number of carbonyl (C=O) groups is 2. The van der Waals surface area contributed by atoms with Gasteiger partial charge in [-0.05, 0) is 30.7 Å². The Morgan fingerprint density at radius 2 is 2.09 bits per heavy atom. The summed E-state index contributed by atoms with van der Waals surface area (Å²) in [6.45, 7) is 5.89. The summed E-state index contributed by atoms with van der Waals surface area (Å²) in [4.78, 5) is 31.1. The second-order valence-corrected chi connectivity index (χ2v) is 7.55. The van der Waals surface area contributed by atoms with Crippen LogP contribution in [0.5, 0.6) is 5.75 Å². The first kappa shape index (κ1) is 21.2. The molecule has 1 atom stereocenters. The van der Waals surface area contributed by atoms with Crippen molar-refractivity contribution in [2.45, 2.75) is 19.5 Å². The van der Waals surface area contributed by atoms with Gasteiger partial charge < -0.3 is 15.0 Å². The smallest absolute Gasteiger partial charge is 0.291 e. The number of fused-ring (bicyclic) bond motifs is 1. The molecule has 1 aliphatic rings. The van der Waals surface area contributed by atoms with Gasteiger partial charge in [0.1, 0.15) is 30.5 Å². The number of nitrogens with zero attached hydrogens (tertiary/aromatic N) is 4. The standard InChI is InChI=1S/C23H22FN5O3/c1-14(2)15-8-9-20-19(10-15)28(3)23(31)18(12-32-20)26-22(30)21-25-13-29(27-21)11-16-6-4-5-7-17(16)24/h4-10,13,18H,1,11-12H2,2-3H3,(H,26,30). The molecule has 2 aromatic carbocycles. The molecule has 0 fully saturated rings. The number of likely N-dealkylation sites (N-methyl/N-ethyl adjacent to an activating group) is 1. The average Bonchev–Trinajstić information content (AvgIpc) is 3.21. The molecule has 0 bridgehead atoms. The number of ether oxygens (including phenoxy) is 1. The van der Waals surface area contributed by atoms with Crippen molar-refractivity contribution in [2.24, 2.45) is 0 Å². The minimum absolute atomic E-state index is 0.0374. The van der Waals surface area contributed by atoms with Gasteiger partial charge in [0.25, 0.3) is 11.8 Å². The summed E-state index contributed by atoms with van der Waals surface area (Å²) < 4.78 is 21.0. The molecule has 164 valence electrons. The summed E-state index contributed by atoms with van der Waals surface area (Å²) >= 11 is 0. The van der Waals surface area contributed by atoms with Crippen molar-refractivity contribution in [2.75, 3.05) is 18.6 Å². The molecule has 32 heavy (non-hydrogen) atoms. The fourth-order valence-corrected chi connectivity index (χ4v) is 3.37. The molecule has 1 aliphatic heterocycles. The predicted octanol–water partition coefficient (Wildman–Crippen LogP) is 2.65. The van der Waals surface area contributed by atoms with E-state index in [4.69, 9.17) is 4.74 Å². The van der Waals surface area contributed by atoms with Crippen LogP contribution in [0.25, 0.3) is 5.57 Å². The number of hydrogen-bond acceptors (Lipinski definition) is 5. The van der Waals surface area contributed by atoms with E-state index in [1.807, 2.05) is 19.1 Å². The van der Waals surface area contributed by atoms with Crippen LogP contribution in [0.3, 0.4) is 0 Å². The van der Waals surface area contributed by atoms with Gasteiger partial charge in [-0.3, -0.25) is 9.59 Å². The van der Waals surface area contributed by atoms with Crippen LogP contribution in [0.4, 0.5) is 10.1 Å². The molecule has 1 N–H and O–H groups in total. The van der Waals surface area contributed by atoms with Gasteiger partial charge in [-0.1, -0.05) is 36.4 Å². The van der Waals surface area contributed by atoms with Gasteiger partial charge in [-0.15, -0.1) is 5.10 Å². The number of benzene rings is 2. The number of aromatic nitrogens is 3. The van der Waals surface area contributed by atoms with Crippen LogP contribution in [0.2, 0.25) is 0 Å². The highest BCUT2D eigenvalue weighted by Gasteiger charge is 2.31. The second-order valence-electron chi connectivity index (χ2n) is 7.55. The molecule has 3 aromatic rings. The lowest BCUT2D eigenvalue weighted by Crippen LogP contribution is -2.49. The van der Waals surface area contributed by atoms with Gasteiger partial charge in [-0.25, -0.2) is 14.1 Å². The molecular weight excluding hydrogens is 413 g/mol. The molecule has 1 aromatic heterocycles. The van der Waals surface area contributed by atoms with E-state index < -0.39 is 11.9 Å². The molecule has 8 nitrogen and oxygen atoms in total. The Morgan fingerprint density at radius 1 is 1.31 bits per heavy atom. The van der Waals surface area contributed by atoms with Crippen molar-refractivity contribution in [3.63, 3.8) is 0 Å². The number of amides is 2. The van der Waals surface area contributed by atoms with E-state index in [0.29, 0.717) is 17.0 Å². The molecule has 0 spiro atoms. The van der Waals surface area contributed by atoms with Crippen LogP contribution in [0, 0.1) is 5.82 Å². The maximum absolute atomic E-state index is 13.8. The second kappa shape index (κ2) is 8.62. The normalized spacial score (nSPS) is 15.5. The summed E-state index contributed by atoms with van der Waals surface area (Å²) in [5.41, 5.74) is 2.77. The van der Waals surface area contributed by atoms with Crippen molar-refractivity contribution in [1.29, 1.82) is 0 Å². The molecule has 0 saturated heterocycles. The van der Waals surface area contributed by atoms with E-state index in [-0.39, 0.29) is 30.7 Å². The summed E-state index contributed by atoms with van der Waals surface area (Å²) in [6.07, 6.45) is 1.34. The summed E-state index contributed by atoms with van der Waals surface area (Å²) in [5, 5.41) is 6.73. The van der Waals surface area contributed by atoms with E-state index in [2.05, 4.69) is 22.0 Å². The fourth-order valence-electron chi connectivity index (χ4n) is 3.37. The number of hydrogen-bond donors (Lipinski definition) is 1. The third kappa shape index (κ3) is 4.22. The van der Waals surface area contributed by atoms with E-state index in [9.17, 15) is 14.0 Å². The Kier molecular flexibility index (Phi) is 5.72. The van der Waals surface area contributed by atoms with Gasteiger partial charge >= 0.3 is 0 Å². The largest absolute Gasteiger partial charge is 0.489 e. The highest BCUT2D eigenvalue weighted by atomic mass is 19.1. The van der Waals surface area contributed by atoms with Crippen LogP contribution in [-0.2, 0) is 11.3 Å². The fraction of sp³-hybridized carbons (Fsp3) is 0.217. The molecule has 9 heteroatoms. The highest BCUT2D eigenvalue weighted by molar-refractivity contribution is 6.02. The van der Waals surface area contributed by atoms with Crippen molar-refractivity contribution >= 4 is 23.1 Å². The molecule has 1 unspecified atom stereocenters. The lowest BCUT2D eigenvalue weighted by atomic mass is 10.1. The van der Waals surface area contributed by atoms with E-state index in [1.54, 1.807) is 31.3 Å². The van der Waals surface area contributed by atoms with Crippen LogP contribution in [0.15, 0.2) is 55.4 Å². The molecule has 2 amide bonds. The van der Waals surface area contributed by atoms with Crippen LogP contribution in [-0.4, -0.2) is 46.3 Å². The third-order valence-electron chi connectivity index (χ3n) is 5.18. The Morgan fingerprint density at radius 3 is 2.84 bits per heavy atom. The highest BCUT2D eigenvalue weighted by Crippen LogP contribution is 2.33. The zero-order chi connectivity index (χ0) is 22.8. The maximum atomic E-state index is 13.8. The lowest BCUT2D eigenvalue weighted by molar-refractivity contribution is -0.120. The minimum Gasteiger partial charge on any atom is -0.489 e. The first-order valence-electron chi connectivity index (χ1n) is 9.97. The predicted molar refractivity (Wildman–Crippen MR) is 117 cm³/mol. The first-order valence-corrected chi connectivity index (χ1v) is 9.97. The van der Waals surface area contributed by atoms with Crippen molar-refractivity contribution < 1.29 is 18.7 Å². The Labute approximate surface area is 184 Å². The number of allylic oxidation sites excluding steroid dienone is 1. The first-order chi connectivity index (χ1) is 15.3. The minimum atomic E-state index is -0.924. The lowest BCUT2D eigenvalue weighted by Gasteiger charge is -2.20. The third-order valence-corrected chi connectivity index (χ3v) is 5.18. The molecule has 0 aliphatic carbocycles. The van der Waals surface area contributed by atoms with Gasteiger partial charge in [0.2, 0.25) is 5.82 Å². The Balaban J connectivity index is 1.47. The van der Waals surface area contributed by atoms with Crippen LogP contribution in [0.1, 0.15) is 28.7 Å². The molecule has 2 heterocycles. The quantitative estimate of drug-likeness (QED) is 0.666. The van der Waals surface area contributed by atoms with Crippen LogP contribution < -0.4 is 15.0 Å². The SMILES string of the molecule is C=C(C)c1ccc2c(c1)N(C)C(=O)C(NC(=O)c1ncn(Cc3ccccc3F)n1)CO2. The Bertz CT molecular complexity index is 1210. The topological polar surface area (TPSA) is 89.4 Å². The number of nitrogens with one attached hydrogen (secondary N) is 1. The maximum Gasteiger partial charge on any atom is 0.291 e. The van der Waals surface area contributed by atoms with E-state index >= 15 is 0 Å². The number of carbonyl (C=O) groups excluding carboxylic acids is 2. The zero-order valence-corrected chi connectivity index (χ0v) is 17.7. The van der Waals surface area contributed by atoms with Gasteiger partial charge in [0.15, 0.2) is 0 Å². The molecule has 0 radical (unpaired) electrons. The number of anilines is 1. The summed E-state index contributed by atoms with van der Waals surface area (Å²) in [5.74, 6) is -0.909. The number of rotatable bonds is 5. The summed E-state index contributed by atoms with van der Waals surface area (Å²) in [6, 6.07) is 10.8. The zero-order valence-electron chi connectivity index (χ0n) is 17.7. The monoisotopic (exact) mass is 435 g/mol. The van der Waals surface area contributed by atoms with E-state index in [1.165, 1.54) is 22.0 Å². The molecular formula is C23H22FN5O3. The van der Waals surface area contributed by atoms with Gasteiger partial charge in [-0.2, -0.15) is 0 Å². The van der Waals surface area contributed by atoms with Gasteiger partial charge in [0.05, 0.1) is 12.2 Å². The molecule has 0 saturated carbocycles. The van der Waals surface area contributed by atoms with Crippen molar-refractivity contribution in [1.82, 2.24) is 20.1 Å². The van der Waals surface area contributed by atoms with Gasteiger partial charge in [0, 0.05) is 12.6 Å². The van der Waals surface area contributed by atoms with Crippen molar-refractivity contribution in [3.8, 4) is 5.75 Å². The van der Waals surface area contributed by atoms with Crippen LogP contribution >= 0.6 is 0 Å². The number of halogens is 1. The average molecular weight is 435 g/mol. The summed E-state index contributed by atoms with van der Waals surface area (Å²) in [7, 11) is 1.62. The Hall–Kier alpha value is -4.01. The van der Waals surface area contributed by atoms with Crippen molar-refractivity contribution in [3.05, 3.63) is 78.1 Å². The van der Waals surface area contributed by atoms with E-state index in [0.717, 1.165) is 11.1 Å². The molecule has 4 rings (SSSR count).